The number of hydrogen-bond donors (Lipinski definition) is 1. The van der Waals surface area contributed by atoms with Crippen LogP contribution in [0.3, 0.4) is 0 Å². The van der Waals surface area contributed by atoms with Crippen molar-refractivity contribution in [2.24, 2.45) is 0 Å². The zero-order valence-electron chi connectivity index (χ0n) is 14.1. The first-order chi connectivity index (χ1) is 12.3. The summed E-state index contributed by atoms with van der Waals surface area (Å²) < 4.78 is 19.3. The molecule has 0 unspecified atom stereocenters. The molecule has 1 heterocycles. The highest BCUT2D eigenvalue weighted by atomic mass is 35.5. The second-order valence-corrected chi connectivity index (χ2v) is 6.76. The first-order valence-corrected chi connectivity index (χ1v) is 8.72. The number of carbonyl (C=O) groups excluding carboxylic acids is 1. The Morgan fingerprint density at radius 1 is 1.23 bits per heavy atom. The molecule has 2 aromatic carbocycles. The third-order valence-corrected chi connectivity index (χ3v) is 4.19. The van der Waals surface area contributed by atoms with Crippen molar-refractivity contribution >= 4 is 46.6 Å². The number of hydrogen-bond acceptors (Lipinski definition) is 3. The fourth-order valence-corrected chi connectivity index (χ4v) is 2.89. The Hall–Kier alpha value is -2.44. The van der Waals surface area contributed by atoms with Gasteiger partial charge in [0.2, 0.25) is 0 Å². The Kier molecular flexibility index (Phi) is 5.25. The molecule has 2 aromatic rings. The third kappa shape index (κ3) is 3.86. The van der Waals surface area contributed by atoms with Crippen LogP contribution in [-0.4, -0.2) is 17.1 Å². The molecule has 1 amide bonds. The molecule has 0 aromatic heterocycles. The van der Waals surface area contributed by atoms with Gasteiger partial charge in [-0.1, -0.05) is 23.7 Å². The van der Waals surface area contributed by atoms with Crippen LogP contribution in [0, 0.1) is 5.82 Å². The highest BCUT2D eigenvalue weighted by Gasteiger charge is 2.32. The molecule has 3 rings (SSSR count). The van der Waals surface area contributed by atoms with Crippen molar-refractivity contribution < 1.29 is 13.9 Å². The number of carbonyl (C=O) groups is 1. The maximum absolute atomic E-state index is 13.7. The molecule has 0 atom stereocenters. The highest BCUT2D eigenvalue weighted by Crippen LogP contribution is 2.26. The van der Waals surface area contributed by atoms with Gasteiger partial charge >= 0.3 is 0 Å². The number of rotatable bonds is 4. The monoisotopic (exact) mass is 390 g/mol. The summed E-state index contributed by atoms with van der Waals surface area (Å²) in [7, 11) is 0. The van der Waals surface area contributed by atoms with Crippen molar-refractivity contribution in [2.45, 2.75) is 20.0 Å². The van der Waals surface area contributed by atoms with E-state index in [0.29, 0.717) is 11.4 Å². The van der Waals surface area contributed by atoms with Crippen LogP contribution in [0.1, 0.15) is 19.4 Å². The van der Waals surface area contributed by atoms with Crippen molar-refractivity contribution in [3.05, 3.63) is 64.6 Å². The quantitative estimate of drug-likeness (QED) is 0.615. The van der Waals surface area contributed by atoms with Crippen molar-refractivity contribution in [3.8, 4) is 5.75 Å². The number of thiocarbonyl (C=S) groups is 1. The summed E-state index contributed by atoms with van der Waals surface area (Å²) in [5.74, 6) is -0.223. The molecule has 0 saturated carbocycles. The summed E-state index contributed by atoms with van der Waals surface area (Å²) >= 11 is 10.9. The number of nitrogens with one attached hydrogen (secondary N) is 1. The number of ether oxygens (including phenoxy) is 1. The summed E-state index contributed by atoms with van der Waals surface area (Å²) in [6.45, 7) is 3.90. The van der Waals surface area contributed by atoms with Crippen molar-refractivity contribution in [3.63, 3.8) is 0 Å². The lowest BCUT2D eigenvalue weighted by Crippen LogP contribution is -2.30. The lowest BCUT2D eigenvalue weighted by atomic mass is 10.2. The van der Waals surface area contributed by atoms with Gasteiger partial charge in [-0.05, 0) is 68.0 Å². The molecule has 4 nitrogen and oxygen atoms in total. The molecule has 26 heavy (non-hydrogen) atoms. The van der Waals surface area contributed by atoms with Crippen LogP contribution in [0.15, 0.2) is 48.2 Å². The van der Waals surface area contributed by atoms with E-state index in [0.717, 1.165) is 11.3 Å². The van der Waals surface area contributed by atoms with Gasteiger partial charge in [0.1, 0.15) is 17.3 Å². The molecule has 7 heteroatoms. The number of anilines is 1. The lowest BCUT2D eigenvalue weighted by Gasteiger charge is -2.14. The van der Waals surface area contributed by atoms with E-state index in [1.807, 2.05) is 38.1 Å². The maximum atomic E-state index is 13.7. The molecule has 1 fully saturated rings. The van der Waals surface area contributed by atoms with E-state index in [1.165, 1.54) is 23.1 Å². The largest absolute Gasteiger partial charge is 0.491 e. The zero-order valence-corrected chi connectivity index (χ0v) is 15.7. The smallest absolute Gasteiger partial charge is 0.281 e. The predicted molar refractivity (Wildman–Crippen MR) is 105 cm³/mol. The minimum absolute atomic E-state index is 0.0151. The first-order valence-electron chi connectivity index (χ1n) is 7.94. The van der Waals surface area contributed by atoms with E-state index in [1.54, 1.807) is 6.08 Å². The molecule has 0 radical (unpaired) electrons. The number of nitrogens with zero attached hydrogens (tertiary/aromatic N) is 1. The minimum atomic E-state index is -0.613. The van der Waals surface area contributed by atoms with Crippen LogP contribution in [0.4, 0.5) is 10.1 Å². The third-order valence-electron chi connectivity index (χ3n) is 3.60. The van der Waals surface area contributed by atoms with Crippen molar-refractivity contribution in [2.75, 3.05) is 4.90 Å². The summed E-state index contributed by atoms with van der Waals surface area (Å²) in [5.41, 5.74) is 1.44. The van der Waals surface area contributed by atoms with E-state index in [2.05, 4.69) is 5.32 Å². The van der Waals surface area contributed by atoms with Gasteiger partial charge in [-0.15, -0.1) is 0 Å². The van der Waals surface area contributed by atoms with Crippen LogP contribution >= 0.6 is 23.8 Å². The Balaban J connectivity index is 1.83. The van der Waals surface area contributed by atoms with Crippen LogP contribution in [-0.2, 0) is 4.79 Å². The van der Waals surface area contributed by atoms with Crippen LogP contribution in [0.25, 0.3) is 6.08 Å². The van der Waals surface area contributed by atoms with E-state index >= 15 is 0 Å². The molecular weight excluding hydrogens is 375 g/mol. The van der Waals surface area contributed by atoms with Gasteiger partial charge in [-0.2, -0.15) is 0 Å². The second kappa shape index (κ2) is 7.43. The average Bonchev–Trinajstić information content (AvgIpc) is 2.85. The van der Waals surface area contributed by atoms with Crippen LogP contribution < -0.4 is 15.0 Å². The standard InChI is InChI=1S/C19H16ClFN2O2S/c1-11(2)25-14-6-3-12(4-7-14)9-17-18(24)23(19(26)22-17)13-5-8-15(20)16(21)10-13/h3-11H,1-2H3,(H,22,26)/b17-9-. The molecule has 1 saturated heterocycles. The number of benzene rings is 2. The Morgan fingerprint density at radius 3 is 2.54 bits per heavy atom. The number of amides is 1. The average molecular weight is 391 g/mol. The van der Waals surface area contributed by atoms with Crippen LogP contribution in [0.2, 0.25) is 5.02 Å². The van der Waals surface area contributed by atoms with Crippen LogP contribution in [0.5, 0.6) is 5.75 Å². The zero-order chi connectivity index (χ0) is 18.8. The van der Waals surface area contributed by atoms with Gasteiger partial charge in [0.05, 0.1) is 16.8 Å². The van der Waals surface area contributed by atoms with Gasteiger partial charge in [-0.25, -0.2) is 4.39 Å². The topological polar surface area (TPSA) is 41.6 Å². The summed E-state index contributed by atoms with van der Waals surface area (Å²) in [6, 6.07) is 11.4. The van der Waals surface area contributed by atoms with Crippen molar-refractivity contribution in [1.82, 2.24) is 5.32 Å². The van der Waals surface area contributed by atoms with Gasteiger partial charge < -0.3 is 10.1 Å². The van der Waals surface area contributed by atoms with Gasteiger partial charge in [0, 0.05) is 0 Å². The molecule has 1 aliphatic rings. The van der Waals surface area contributed by atoms with E-state index in [-0.39, 0.29) is 22.1 Å². The molecule has 0 bridgehead atoms. The van der Waals surface area contributed by atoms with Gasteiger partial charge in [0.15, 0.2) is 5.11 Å². The minimum Gasteiger partial charge on any atom is -0.491 e. The Labute approximate surface area is 161 Å². The molecule has 1 aliphatic heterocycles. The second-order valence-electron chi connectivity index (χ2n) is 5.96. The van der Waals surface area contributed by atoms with Gasteiger partial charge in [0.25, 0.3) is 5.91 Å². The van der Waals surface area contributed by atoms with Gasteiger partial charge in [-0.3, -0.25) is 9.69 Å². The first kappa shape index (κ1) is 18.4. The molecule has 0 spiro atoms. The Morgan fingerprint density at radius 2 is 1.92 bits per heavy atom. The summed E-state index contributed by atoms with van der Waals surface area (Å²) in [4.78, 5) is 13.9. The molecule has 1 N–H and O–H groups in total. The highest BCUT2D eigenvalue weighted by molar-refractivity contribution is 7.80. The summed E-state index contributed by atoms with van der Waals surface area (Å²) in [5, 5.41) is 3.03. The lowest BCUT2D eigenvalue weighted by molar-refractivity contribution is -0.113. The van der Waals surface area contributed by atoms with Crippen molar-refractivity contribution in [1.29, 1.82) is 0 Å². The molecule has 0 aliphatic carbocycles. The van der Waals surface area contributed by atoms with E-state index in [9.17, 15) is 9.18 Å². The number of halogens is 2. The molecular formula is C19H16ClFN2O2S. The summed E-state index contributed by atoms with van der Waals surface area (Å²) in [6.07, 6.45) is 1.77. The fraction of sp³-hybridized carbons (Fsp3) is 0.158. The normalized spacial score (nSPS) is 15.7. The fourth-order valence-electron chi connectivity index (χ4n) is 2.48. The Bertz CT molecular complexity index is 897. The van der Waals surface area contributed by atoms with E-state index < -0.39 is 5.82 Å². The SMILES string of the molecule is CC(C)Oc1ccc(/C=C2\NC(=S)N(c3ccc(Cl)c(F)c3)C2=O)cc1. The molecule has 134 valence electrons. The van der Waals surface area contributed by atoms with E-state index in [4.69, 9.17) is 28.6 Å². The maximum Gasteiger partial charge on any atom is 0.281 e. The predicted octanol–water partition coefficient (Wildman–Crippen LogP) is 4.53.